The molecule has 1 fully saturated rings. The highest BCUT2D eigenvalue weighted by Gasteiger charge is 2.18. The van der Waals surface area contributed by atoms with Crippen LogP contribution in [0, 0.1) is 12.8 Å². The summed E-state index contributed by atoms with van der Waals surface area (Å²) >= 11 is 0. The third kappa shape index (κ3) is 4.09. The summed E-state index contributed by atoms with van der Waals surface area (Å²) in [6.45, 7) is 3.01. The number of nitrogens with zero attached hydrogens (tertiary/aromatic N) is 1. The molecule has 0 aliphatic heterocycles. The minimum atomic E-state index is 0.250. The highest BCUT2D eigenvalue weighted by atomic mass is 16.2. The SMILES string of the molecule is Cc1ccccc1CC(=O)N(C)CC1CCCCC1. The molecule has 0 saturated heterocycles. The van der Waals surface area contributed by atoms with Gasteiger partial charge in [0.2, 0.25) is 5.91 Å². The molecule has 2 rings (SSSR count). The van der Waals surface area contributed by atoms with E-state index in [0.717, 1.165) is 18.0 Å². The Labute approximate surface area is 116 Å². The van der Waals surface area contributed by atoms with Gasteiger partial charge in [-0.2, -0.15) is 0 Å². The molecule has 0 aromatic heterocycles. The normalized spacial score (nSPS) is 16.3. The molecule has 0 atom stereocenters. The highest BCUT2D eigenvalue weighted by molar-refractivity contribution is 5.78. The maximum atomic E-state index is 12.3. The fraction of sp³-hybridized carbons (Fsp3) is 0.588. The molecule has 1 aromatic carbocycles. The van der Waals surface area contributed by atoms with E-state index >= 15 is 0 Å². The lowest BCUT2D eigenvalue weighted by Crippen LogP contribution is -2.33. The van der Waals surface area contributed by atoms with Gasteiger partial charge in [-0.15, -0.1) is 0 Å². The molecule has 1 saturated carbocycles. The van der Waals surface area contributed by atoms with E-state index in [4.69, 9.17) is 0 Å². The fourth-order valence-electron chi connectivity index (χ4n) is 2.97. The second-order valence-corrected chi connectivity index (χ2v) is 5.88. The number of hydrogen-bond donors (Lipinski definition) is 0. The van der Waals surface area contributed by atoms with Crippen LogP contribution in [-0.4, -0.2) is 24.4 Å². The summed E-state index contributed by atoms with van der Waals surface area (Å²) in [5, 5.41) is 0. The van der Waals surface area contributed by atoms with Gasteiger partial charge < -0.3 is 4.90 Å². The van der Waals surface area contributed by atoms with Gasteiger partial charge in [-0.1, -0.05) is 43.5 Å². The molecule has 0 bridgehead atoms. The molecular formula is C17H25NO. The van der Waals surface area contributed by atoms with Crippen LogP contribution in [0.4, 0.5) is 0 Å². The first kappa shape index (κ1) is 14.1. The fourth-order valence-corrected chi connectivity index (χ4v) is 2.97. The average molecular weight is 259 g/mol. The molecule has 0 N–H and O–H groups in total. The van der Waals surface area contributed by atoms with Crippen molar-refractivity contribution < 1.29 is 4.79 Å². The summed E-state index contributed by atoms with van der Waals surface area (Å²) in [7, 11) is 1.95. The van der Waals surface area contributed by atoms with Gasteiger partial charge >= 0.3 is 0 Å². The van der Waals surface area contributed by atoms with Crippen molar-refractivity contribution >= 4 is 5.91 Å². The second-order valence-electron chi connectivity index (χ2n) is 5.88. The average Bonchev–Trinajstić information content (AvgIpc) is 2.42. The van der Waals surface area contributed by atoms with Gasteiger partial charge in [-0.25, -0.2) is 0 Å². The van der Waals surface area contributed by atoms with E-state index in [1.165, 1.54) is 37.7 Å². The van der Waals surface area contributed by atoms with Crippen molar-refractivity contribution in [2.24, 2.45) is 5.92 Å². The van der Waals surface area contributed by atoms with Crippen molar-refractivity contribution in [3.05, 3.63) is 35.4 Å². The van der Waals surface area contributed by atoms with Crippen LogP contribution in [0.2, 0.25) is 0 Å². The van der Waals surface area contributed by atoms with E-state index in [0.29, 0.717) is 6.42 Å². The molecule has 19 heavy (non-hydrogen) atoms. The molecule has 1 amide bonds. The molecule has 0 unspecified atom stereocenters. The van der Waals surface area contributed by atoms with Crippen molar-refractivity contribution in [2.45, 2.75) is 45.4 Å². The predicted octanol–water partition coefficient (Wildman–Crippen LogP) is 3.58. The highest BCUT2D eigenvalue weighted by Crippen LogP contribution is 2.24. The van der Waals surface area contributed by atoms with Gasteiger partial charge in [-0.05, 0) is 36.8 Å². The molecule has 1 aromatic rings. The lowest BCUT2D eigenvalue weighted by molar-refractivity contribution is -0.129. The number of hydrogen-bond acceptors (Lipinski definition) is 1. The minimum Gasteiger partial charge on any atom is -0.345 e. The van der Waals surface area contributed by atoms with Crippen molar-refractivity contribution in [3.8, 4) is 0 Å². The summed E-state index contributed by atoms with van der Waals surface area (Å²) in [6, 6.07) is 8.16. The summed E-state index contributed by atoms with van der Waals surface area (Å²) in [4.78, 5) is 14.2. The van der Waals surface area contributed by atoms with Crippen LogP contribution in [0.15, 0.2) is 24.3 Å². The number of amides is 1. The Morgan fingerprint density at radius 3 is 2.58 bits per heavy atom. The zero-order valence-electron chi connectivity index (χ0n) is 12.2. The number of rotatable bonds is 4. The quantitative estimate of drug-likeness (QED) is 0.809. The Morgan fingerprint density at radius 2 is 1.89 bits per heavy atom. The molecule has 1 aliphatic rings. The zero-order chi connectivity index (χ0) is 13.7. The van der Waals surface area contributed by atoms with Crippen LogP contribution in [0.1, 0.15) is 43.2 Å². The molecule has 0 spiro atoms. The van der Waals surface area contributed by atoms with E-state index in [1.54, 1.807) is 0 Å². The Hall–Kier alpha value is -1.31. The van der Waals surface area contributed by atoms with E-state index in [2.05, 4.69) is 19.1 Å². The monoisotopic (exact) mass is 259 g/mol. The summed E-state index contributed by atoms with van der Waals surface area (Å²) in [5.41, 5.74) is 2.37. The summed E-state index contributed by atoms with van der Waals surface area (Å²) in [6.07, 6.45) is 7.17. The summed E-state index contributed by atoms with van der Waals surface area (Å²) < 4.78 is 0. The summed E-state index contributed by atoms with van der Waals surface area (Å²) in [5.74, 6) is 0.972. The van der Waals surface area contributed by atoms with Gasteiger partial charge in [0.1, 0.15) is 0 Å². The van der Waals surface area contributed by atoms with Crippen LogP contribution in [-0.2, 0) is 11.2 Å². The number of carbonyl (C=O) groups excluding carboxylic acids is 1. The van der Waals surface area contributed by atoms with Crippen molar-refractivity contribution in [1.29, 1.82) is 0 Å². The molecule has 104 valence electrons. The number of benzene rings is 1. The molecule has 0 radical (unpaired) electrons. The van der Waals surface area contributed by atoms with Gasteiger partial charge in [0.15, 0.2) is 0 Å². The van der Waals surface area contributed by atoms with E-state index in [1.807, 2.05) is 24.1 Å². The van der Waals surface area contributed by atoms with Crippen molar-refractivity contribution in [2.75, 3.05) is 13.6 Å². The maximum Gasteiger partial charge on any atom is 0.226 e. The topological polar surface area (TPSA) is 20.3 Å². The molecule has 2 nitrogen and oxygen atoms in total. The van der Waals surface area contributed by atoms with Crippen LogP contribution < -0.4 is 0 Å². The first-order chi connectivity index (χ1) is 9.16. The predicted molar refractivity (Wildman–Crippen MR) is 79.1 cm³/mol. The van der Waals surface area contributed by atoms with Crippen molar-refractivity contribution in [1.82, 2.24) is 4.90 Å². The number of likely N-dealkylation sites (N-methyl/N-ethyl adjacent to an activating group) is 1. The van der Waals surface area contributed by atoms with E-state index < -0.39 is 0 Å². The lowest BCUT2D eigenvalue weighted by Gasteiger charge is -2.27. The lowest BCUT2D eigenvalue weighted by atomic mass is 9.89. The molecular weight excluding hydrogens is 234 g/mol. The largest absolute Gasteiger partial charge is 0.345 e. The van der Waals surface area contributed by atoms with Gasteiger partial charge in [0.25, 0.3) is 0 Å². The first-order valence-electron chi connectivity index (χ1n) is 7.45. The zero-order valence-corrected chi connectivity index (χ0v) is 12.2. The number of carbonyl (C=O) groups is 1. The van der Waals surface area contributed by atoms with Crippen LogP contribution in [0.5, 0.6) is 0 Å². The number of aryl methyl sites for hydroxylation is 1. The molecule has 2 heteroatoms. The molecule has 0 heterocycles. The Morgan fingerprint density at radius 1 is 1.21 bits per heavy atom. The van der Waals surface area contributed by atoms with E-state index in [9.17, 15) is 4.79 Å². The van der Waals surface area contributed by atoms with E-state index in [-0.39, 0.29) is 5.91 Å². The minimum absolute atomic E-state index is 0.250. The third-order valence-corrected chi connectivity index (χ3v) is 4.29. The van der Waals surface area contributed by atoms with Crippen LogP contribution >= 0.6 is 0 Å². The van der Waals surface area contributed by atoms with Crippen molar-refractivity contribution in [3.63, 3.8) is 0 Å². The maximum absolute atomic E-state index is 12.3. The second kappa shape index (κ2) is 6.74. The van der Waals surface area contributed by atoms with Crippen LogP contribution in [0.25, 0.3) is 0 Å². The third-order valence-electron chi connectivity index (χ3n) is 4.29. The smallest absolute Gasteiger partial charge is 0.226 e. The Kier molecular flexibility index (Phi) is 5.00. The molecule has 1 aliphatic carbocycles. The Bertz CT molecular complexity index is 421. The first-order valence-corrected chi connectivity index (χ1v) is 7.45. The Balaban J connectivity index is 1.87. The van der Waals surface area contributed by atoms with Gasteiger partial charge in [0.05, 0.1) is 6.42 Å². The standard InChI is InChI=1S/C17H25NO/c1-14-8-6-7-11-16(14)12-17(19)18(2)13-15-9-4-3-5-10-15/h6-8,11,15H,3-5,9-10,12-13H2,1-2H3. The van der Waals surface area contributed by atoms with Gasteiger partial charge in [0, 0.05) is 13.6 Å². The van der Waals surface area contributed by atoms with Crippen LogP contribution in [0.3, 0.4) is 0 Å². The van der Waals surface area contributed by atoms with Gasteiger partial charge in [-0.3, -0.25) is 4.79 Å².